The lowest BCUT2D eigenvalue weighted by Crippen LogP contribution is -2.42. The molecule has 1 aromatic rings. The highest BCUT2D eigenvalue weighted by Crippen LogP contribution is 2.34. The van der Waals surface area contributed by atoms with Crippen molar-refractivity contribution in [1.82, 2.24) is 4.90 Å². The number of benzene rings is 1. The Morgan fingerprint density at radius 2 is 1.54 bits per heavy atom. The van der Waals surface area contributed by atoms with Crippen molar-refractivity contribution in [2.24, 2.45) is 0 Å². The third-order valence-corrected chi connectivity index (χ3v) is 4.20. The van der Waals surface area contributed by atoms with E-state index in [-0.39, 0.29) is 0 Å². The summed E-state index contributed by atoms with van der Waals surface area (Å²) in [4.78, 5) is 28.4. The van der Waals surface area contributed by atoms with Gasteiger partial charge in [-0.25, -0.2) is 9.59 Å². The van der Waals surface area contributed by atoms with E-state index in [9.17, 15) is 9.59 Å². The van der Waals surface area contributed by atoms with Crippen LogP contribution in [0.25, 0.3) is 0 Å². The molecule has 0 saturated carbocycles. The smallest absolute Gasteiger partial charge is 0.414 e. The lowest BCUT2D eigenvalue weighted by atomic mass is 10.1. The second kappa shape index (κ2) is 7.47. The summed E-state index contributed by atoms with van der Waals surface area (Å²) >= 11 is 3.53. The van der Waals surface area contributed by atoms with Crippen molar-refractivity contribution >= 4 is 33.8 Å². The van der Waals surface area contributed by atoms with Gasteiger partial charge in [-0.3, -0.25) is 4.90 Å². The van der Waals surface area contributed by atoms with E-state index >= 15 is 0 Å². The lowest BCUT2D eigenvalue weighted by Gasteiger charge is -2.28. The highest BCUT2D eigenvalue weighted by Gasteiger charge is 2.32. The van der Waals surface area contributed by atoms with Gasteiger partial charge in [-0.2, -0.15) is 0 Å². The molecule has 0 aliphatic carbocycles. The van der Waals surface area contributed by atoms with Crippen LogP contribution in [-0.2, 0) is 16.0 Å². The van der Waals surface area contributed by atoms with Crippen LogP contribution in [0.5, 0.6) is 0 Å². The maximum atomic E-state index is 12.7. The van der Waals surface area contributed by atoms with Crippen molar-refractivity contribution in [2.45, 2.75) is 59.3 Å². The van der Waals surface area contributed by atoms with Gasteiger partial charge in [-0.1, -0.05) is 12.1 Å². The first-order valence-electron chi connectivity index (χ1n) is 8.63. The summed E-state index contributed by atoms with van der Waals surface area (Å²) in [5, 5.41) is 0. The molecule has 0 N–H and O–H groups in total. The normalized spacial score (nSPS) is 15.2. The molecule has 1 aromatic carbocycles. The lowest BCUT2D eigenvalue weighted by molar-refractivity contribution is 0.0238. The second-order valence-corrected chi connectivity index (χ2v) is 9.14. The number of halogens is 1. The summed E-state index contributed by atoms with van der Waals surface area (Å²) < 4.78 is 11.8. The molecular weight excluding hydrogens is 400 g/mol. The van der Waals surface area contributed by atoms with Gasteiger partial charge in [-0.05, 0) is 69.1 Å². The van der Waals surface area contributed by atoms with Gasteiger partial charge in [0.25, 0.3) is 0 Å². The molecule has 1 heterocycles. The maximum absolute atomic E-state index is 12.7. The van der Waals surface area contributed by atoms with Gasteiger partial charge in [0.1, 0.15) is 11.2 Å². The number of nitrogens with zero attached hydrogens (tertiary/aromatic N) is 2. The molecule has 0 spiro atoms. The fraction of sp³-hybridized carbons (Fsp3) is 0.579. The zero-order chi connectivity index (χ0) is 19.7. The monoisotopic (exact) mass is 426 g/mol. The standard InChI is InChI=1S/C19H27BrN2O4/c1-18(2,3)25-16(23)21-10-11-22(17(24)26-19(4,5)6)15-13(12-21)8-7-9-14(15)20/h7-9H,10-12H2,1-6H3. The van der Waals surface area contributed by atoms with Crippen LogP contribution >= 0.6 is 15.9 Å². The van der Waals surface area contributed by atoms with Crippen LogP contribution in [0.1, 0.15) is 47.1 Å². The highest BCUT2D eigenvalue weighted by atomic mass is 79.9. The third-order valence-electron chi connectivity index (χ3n) is 3.56. The molecule has 144 valence electrons. The average Bonchev–Trinajstić information content (AvgIpc) is 2.64. The molecule has 0 bridgehead atoms. The Bertz CT molecular complexity index is 692. The van der Waals surface area contributed by atoms with Crippen LogP contribution in [0.3, 0.4) is 0 Å². The molecular formula is C19H27BrN2O4. The van der Waals surface area contributed by atoms with E-state index in [2.05, 4.69) is 15.9 Å². The summed E-state index contributed by atoms with van der Waals surface area (Å²) in [7, 11) is 0. The zero-order valence-corrected chi connectivity index (χ0v) is 17.8. The number of hydrogen-bond donors (Lipinski definition) is 0. The SMILES string of the molecule is CC(C)(C)OC(=O)N1CCN(C(=O)OC(C)(C)C)c2c(Br)cccc2C1. The van der Waals surface area contributed by atoms with Crippen molar-refractivity contribution in [1.29, 1.82) is 0 Å². The number of ether oxygens (including phenoxy) is 2. The van der Waals surface area contributed by atoms with Crippen LogP contribution in [0, 0.1) is 0 Å². The van der Waals surface area contributed by atoms with Crippen LogP contribution < -0.4 is 4.90 Å². The Labute approximate surface area is 163 Å². The van der Waals surface area contributed by atoms with Crippen molar-refractivity contribution in [3.63, 3.8) is 0 Å². The second-order valence-electron chi connectivity index (χ2n) is 8.28. The number of anilines is 1. The summed E-state index contributed by atoms with van der Waals surface area (Å²) in [6.07, 6.45) is -0.828. The topological polar surface area (TPSA) is 59.1 Å². The third kappa shape index (κ3) is 5.37. The zero-order valence-electron chi connectivity index (χ0n) is 16.3. The van der Waals surface area contributed by atoms with E-state index in [0.717, 1.165) is 15.7 Å². The Balaban J connectivity index is 2.33. The minimum absolute atomic E-state index is 0.323. The van der Waals surface area contributed by atoms with E-state index in [1.165, 1.54) is 0 Å². The van der Waals surface area contributed by atoms with Crippen molar-refractivity contribution in [3.8, 4) is 0 Å². The van der Waals surface area contributed by atoms with Crippen molar-refractivity contribution in [2.75, 3.05) is 18.0 Å². The number of amides is 2. The molecule has 0 atom stereocenters. The van der Waals surface area contributed by atoms with Gasteiger partial charge in [0.2, 0.25) is 0 Å². The summed E-state index contributed by atoms with van der Waals surface area (Å²) in [6.45, 7) is 12.0. The quantitative estimate of drug-likeness (QED) is 0.589. The summed E-state index contributed by atoms with van der Waals surface area (Å²) in [5.74, 6) is 0. The molecule has 1 aliphatic heterocycles. The molecule has 0 unspecified atom stereocenters. The van der Waals surface area contributed by atoms with E-state index in [1.807, 2.05) is 59.7 Å². The fourth-order valence-electron chi connectivity index (χ4n) is 2.59. The number of hydrogen-bond acceptors (Lipinski definition) is 4. The van der Waals surface area contributed by atoms with Crippen LogP contribution in [0.2, 0.25) is 0 Å². The van der Waals surface area contributed by atoms with Crippen LogP contribution in [0.15, 0.2) is 22.7 Å². The minimum atomic E-state index is -0.602. The van der Waals surface area contributed by atoms with E-state index in [0.29, 0.717) is 19.6 Å². The highest BCUT2D eigenvalue weighted by molar-refractivity contribution is 9.10. The molecule has 6 nitrogen and oxygen atoms in total. The molecule has 0 radical (unpaired) electrons. The number of carbonyl (C=O) groups is 2. The van der Waals surface area contributed by atoms with E-state index in [4.69, 9.17) is 9.47 Å². The van der Waals surface area contributed by atoms with E-state index < -0.39 is 23.4 Å². The Morgan fingerprint density at radius 1 is 0.962 bits per heavy atom. The minimum Gasteiger partial charge on any atom is -0.444 e. The van der Waals surface area contributed by atoms with Gasteiger partial charge in [0, 0.05) is 17.6 Å². The molecule has 0 fully saturated rings. The summed E-state index contributed by atoms with van der Waals surface area (Å²) in [6, 6.07) is 5.66. The first-order valence-corrected chi connectivity index (χ1v) is 9.42. The van der Waals surface area contributed by atoms with Crippen LogP contribution in [0.4, 0.5) is 15.3 Å². The van der Waals surface area contributed by atoms with Gasteiger partial charge in [0.15, 0.2) is 0 Å². The largest absolute Gasteiger partial charge is 0.444 e. The molecule has 0 saturated heterocycles. The average molecular weight is 427 g/mol. The maximum Gasteiger partial charge on any atom is 0.414 e. The van der Waals surface area contributed by atoms with Gasteiger partial charge < -0.3 is 14.4 Å². The number of fused-ring (bicyclic) bond motifs is 1. The predicted octanol–water partition coefficient (Wildman–Crippen LogP) is 4.94. The first-order chi connectivity index (χ1) is 11.9. The molecule has 0 aromatic heterocycles. The molecule has 2 amide bonds. The van der Waals surface area contributed by atoms with Crippen molar-refractivity contribution < 1.29 is 19.1 Å². The first kappa shape index (κ1) is 20.6. The van der Waals surface area contributed by atoms with E-state index in [1.54, 1.807) is 9.80 Å². The van der Waals surface area contributed by atoms with Gasteiger partial charge in [-0.15, -0.1) is 0 Å². The molecule has 1 aliphatic rings. The number of carbonyl (C=O) groups excluding carboxylic acids is 2. The Morgan fingerprint density at radius 3 is 2.12 bits per heavy atom. The van der Waals surface area contributed by atoms with Gasteiger partial charge in [0.05, 0.1) is 12.2 Å². The number of para-hydroxylation sites is 1. The van der Waals surface area contributed by atoms with Gasteiger partial charge >= 0.3 is 12.2 Å². The summed E-state index contributed by atoms with van der Waals surface area (Å²) in [5.41, 5.74) is 0.408. The molecule has 2 rings (SSSR count). The predicted molar refractivity (Wildman–Crippen MR) is 104 cm³/mol. The van der Waals surface area contributed by atoms with Crippen LogP contribution in [-0.4, -0.2) is 41.4 Å². The number of rotatable bonds is 0. The Hall–Kier alpha value is -1.76. The fourth-order valence-corrected chi connectivity index (χ4v) is 3.21. The molecule has 7 heteroatoms. The van der Waals surface area contributed by atoms with Crippen molar-refractivity contribution in [3.05, 3.63) is 28.2 Å². The Kier molecular flexibility index (Phi) is 5.90. The molecule has 26 heavy (non-hydrogen) atoms.